The molecule has 1 aromatic heterocycles. The number of aromatic hydroxyl groups is 1. The van der Waals surface area contributed by atoms with Crippen LogP contribution < -0.4 is 0 Å². The highest BCUT2D eigenvalue weighted by molar-refractivity contribution is 6.31. The minimum absolute atomic E-state index is 0.0199. The van der Waals surface area contributed by atoms with E-state index in [4.69, 9.17) is 11.6 Å². The van der Waals surface area contributed by atoms with E-state index in [1.54, 1.807) is 17.0 Å². The Bertz CT molecular complexity index is 1210. The summed E-state index contributed by atoms with van der Waals surface area (Å²) in [4.78, 5) is 18.4. The highest BCUT2D eigenvalue weighted by Crippen LogP contribution is 2.32. The number of nitrogens with zero attached hydrogens (tertiary/aromatic N) is 1. The van der Waals surface area contributed by atoms with Crippen LogP contribution >= 0.6 is 11.6 Å². The minimum atomic E-state index is -0.153. The van der Waals surface area contributed by atoms with E-state index in [0.29, 0.717) is 23.7 Å². The molecule has 1 amide bonds. The zero-order chi connectivity index (χ0) is 18.5. The smallest absolute Gasteiger partial charge is 0.257 e. The molecule has 0 unspecified atom stereocenters. The molecule has 5 heteroatoms. The number of rotatable bonds is 1. The molecule has 0 saturated carbocycles. The van der Waals surface area contributed by atoms with E-state index in [0.717, 1.165) is 39.4 Å². The van der Waals surface area contributed by atoms with Crippen molar-refractivity contribution >= 4 is 39.2 Å². The van der Waals surface area contributed by atoms with Gasteiger partial charge >= 0.3 is 0 Å². The van der Waals surface area contributed by atoms with Gasteiger partial charge in [0.15, 0.2) is 0 Å². The summed E-state index contributed by atoms with van der Waals surface area (Å²) in [5.41, 5.74) is 3.63. The molecule has 4 aromatic rings. The molecule has 0 radical (unpaired) electrons. The van der Waals surface area contributed by atoms with Crippen molar-refractivity contribution in [3.63, 3.8) is 0 Å². The van der Waals surface area contributed by atoms with Gasteiger partial charge in [0.1, 0.15) is 5.75 Å². The van der Waals surface area contributed by atoms with Gasteiger partial charge in [0, 0.05) is 46.7 Å². The summed E-state index contributed by atoms with van der Waals surface area (Å²) in [6, 6.07) is 16.9. The van der Waals surface area contributed by atoms with Crippen LogP contribution in [0, 0.1) is 0 Å². The van der Waals surface area contributed by atoms with Crippen LogP contribution in [0.2, 0.25) is 5.02 Å². The van der Waals surface area contributed by atoms with E-state index in [1.807, 2.05) is 42.5 Å². The van der Waals surface area contributed by atoms with Gasteiger partial charge in [-0.1, -0.05) is 35.9 Å². The fourth-order valence-corrected chi connectivity index (χ4v) is 4.10. The van der Waals surface area contributed by atoms with Crippen LogP contribution in [0.5, 0.6) is 5.75 Å². The Morgan fingerprint density at radius 1 is 1.07 bits per heavy atom. The van der Waals surface area contributed by atoms with E-state index in [2.05, 4.69) is 4.98 Å². The van der Waals surface area contributed by atoms with Crippen molar-refractivity contribution < 1.29 is 9.90 Å². The Morgan fingerprint density at radius 3 is 2.67 bits per heavy atom. The van der Waals surface area contributed by atoms with Crippen LogP contribution in [-0.2, 0) is 13.0 Å². The lowest BCUT2D eigenvalue weighted by Gasteiger charge is -2.27. The number of hydrogen-bond donors (Lipinski definition) is 2. The van der Waals surface area contributed by atoms with Gasteiger partial charge in [-0.15, -0.1) is 0 Å². The first-order valence-electron chi connectivity index (χ1n) is 8.90. The number of nitrogens with one attached hydrogen (secondary N) is 1. The number of aromatic amines is 1. The molecular formula is C22H17ClN2O2. The second kappa shape index (κ2) is 6.03. The number of benzene rings is 3. The molecule has 0 fully saturated rings. The topological polar surface area (TPSA) is 56.3 Å². The van der Waals surface area contributed by atoms with Crippen molar-refractivity contribution in [3.05, 3.63) is 76.4 Å². The van der Waals surface area contributed by atoms with E-state index >= 15 is 0 Å². The van der Waals surface area contributed by atoms with E-state index in [-0.39, 0.29) is 11.7 Å². The molecule has 4 nitrogen and oxygen atoms in total. The summed E-state index contributed by atoms with van der Waals surface area (Å²) in [5.74, 6) is -0.133. The lowest BCUT2D eigenvalue weighted by Crippen LogP contribution is -2.35. The molecule has 0 bridgehead atoms. The second-order valence-electron chi connectivity index (χ2n) is 6.97. The maximum absolute atomic E-state index is 13.1. The number of amides is 1. The number of phenols is 1. The van der Waals surface area contributed by atoms with Gasteiger partial charge < -0.3 is 15.0 Å². The number of H-pyrrole nitrogens is 1. The maximum atomic E-state index is 13.1. The largest absolute Gasteiger partial charge is 0.507 e. The van der Waals surface area contributed by atoms with Crippen molar-refractivity contribution in [2.24, 2.45) is 0 Å². The fourth-order valence-electron chi connectivity index (χ4n) is 3.93. The summed E-state index contributed by atoms with van der Waals surface area (Å²) >= 11 is 6.16. The SMILES string of the molecule is O=C(c1cc2ccccc2cc1O)N1CCc2[nH]c3ccc(Cl)cc3c2C1. The minimum Gasteiger partial charge on any atom is -0.507 e. The monoisotopic (exact) mass is 376 g/mol. The number of hydrogen-bond acceptors (Lipinski definition) is 2. The quantitative estimate of drug-likeness (QED) is 0.497. The van der Waals surface area contributed by atoms with Crippen molar-refractivity contribution in [1.29, 1.82) is 0 Å². The molecule has 27 heavy (non-hydrogen) atoms. The molecule has 1 aliphatic rings. The first-order valence-corrected chi connectivity index (χ1v) is 9.28. The molecule has 3 aromatic carbocycles. The highest BCUT2D eigenvalue weighted by Gasteiger charge is 2.26. The number of carbonyl (C=O) groups is 1. The summed E-state index contributed by atoms with van der Waals surface area (Å²) in [6.45, 7) is 1.11. The fraction of sp³-hybridized carbons (Fsp3) is 0.136. The lowest BCUT2D eigenvalue weighted by atomic mass is 10.0. The zero-order valence-electron chi connectivity index (χ0n) is 14.5. The average Bonchev–Trinajstić information content (AvgIpc) is 3.04. The maximum Gasteiger partial charge on any atom is 0.257 e. The number of fused-ring (bicyclic) bond motifs is 4. The van der Waals surface area contributed by atoms with Gasteiger partial charge in [-0.05, 0) is 41.1 Å². The van der Waals surface area contributed by atoms with Crippen LogP contribution in [0.1, 0.15) is 21.6 Å². The molecule has 1 aliphatic heterocycles. The summed E-state index contributed by atoms with van der Waals surface area (Å²) < 4.78 is 0. The number of halogens is 1. The van der Waals surface area contributed by atoms with Crippen LogP contribution in [0.25, 0.3) is 21.7 Å². The van der Waals surface area contributed by atoms with Crippen molar-refractivity contribution in [2.45, 2.75) is 13.0 Å². The molecule has 2 heterocycles. The van der Waals surface area contributed by atoms with Gasteiger partial charge in [0.2, 0.25) is 0 Å². The van der Waals surface area contributed by atoms with Crippen LogP contribution in [-0.4, -0.2) is 27.4 Å². The van der Waals surface area contributed by atoms with E-state index in [9.17, 15) is 9.90 Å². The Morgan fingerprint density at radius 2 is 1.85 bits per heavy atom. The number of aromatic nitrogens is 1. The number of carbonyl (C=O) groups excluding carboxylic acids is 1. The Labute approximate surface area is 161 Å². The van der Waals surface area contributed by atoms with Gasteiger partial charge in [0.25, 0.3) is 5.91 Å². The third-order valence-corrected chi connectivity index (χ3v) is 5.55. The highest BCUT2D eigenvalue weighted by atomic mass is 35.5. The van der Waals surface area contributed by atoms with Crippen LogP contribution in [0.15, 0.2) is 54.6 Å². The summed E-state index contributed by atoms with van der Waals surface area (Å²) in [7, 11) is 0. The predicted octanol–water partition coefficient (Wildman–Crippen LogP) is 4.88. The molecule has 0 spiro atoms. The third-order valence-electron chi connectivity index (χ3n) is 5.32. The molecule has 5 rings (SSSR count). The Balaban J connectivity index is 1.53. The first-order chi connectivity index (χ1) is 13.1. The van der Waals surface area contributed by atoms with E-state index < -0.39 is 0 Å². The summed E-state index contributed by atoms with van der Waals surface area (Å²) in [5, 5.41) is 14.0. The standard InChI is InChI=1S/C22H17ClN2O2/c23-15-5-6-19-16(11-15)18-12-25(8-7-20(18)24-19)22(27)17-9-13-3-1-2-4-14(13)10-21(17)26/h1-6,9-11,24,26H,7-8,12H2. The Kier molecular flexibility index (Phi) is 3.62. The van der Waals surface area contributed by atoms with Gasteiger partial charge in [0.05, 0.1) is 5.56 Å². The molecule has 0 saturated heterocycles. The van der Waals surface area contributed by atoms with Gasteiger partial charge in [-0.3, -0.25) is 4.79 Å². The average molecular weight is 377 g/mol. The van der Waals surface area contributed by atoms with Crippen molar-refractivity contribution in [2.75, 3.05) is 6.54 Å². The molecule has 0 aliphatic carbocycles. The molecule has 2 N–H and O–H groups in total. The van der Waals surface area contributed by atoms with Crippen molar-refractivity contribution in [1.82, 2.24) is 9.88 Å². The number of phenolic OH excluding ortho intramolecular Hbond substituents is 1. The van der Waals surface area contributed by atoms with Crippen LogP contribution in [0.4, 0.5) is 0 Å². The van der Waals surface area contributed by atoms with Crippen LogP contribution in [0.3, 0.4) is 0 Å². The lowest BCUT2D eigenvalue weighted by molar-refractivity contribution is 0.0732. The van der Waals surface area contributed by atoms with E-state index in [1.165, 1.54) is 0 Å². The second-order valence-corrected chi connectivity index (χ2v) is 7.40. The predicted molar refractivity (Wildman–Crippen MR) is 107 cm³/mol. The van der Waals surface area contributed by atoms with Gasteiger partial charge in [-0.25, -0.2) is 0 Å². The van der Waals surface area contributed by atoms with Gasteiger partial charge in [-0.2, -0.15) is 0 Å². The molecular weight excluding hydrogens is 360 g/mol. The normalized spacial score (nSPS) is 13.9. The summed E-state index contributed by atoms with van der Waals surface area (Å²) in [6.07, 6.45) is 0.752. The Hall–Kier alpha value is -2.98. The molecule has 0 atom stereocenters. The molecule has 134 valence electrons. The van der Waals surface area contributed by atoms with Crippen molar-refractivity contribution in [3.8, 4) is 5.75 Å². The zero-order valence-corrected chi connectivity index (χ0v) is 15.3. The first kappa shape index (κ1) is 16.2. The third kappa shape index (κ3) is 2.64.